The lowest BCUT2D eigenvalue weighted by atomic mass is 10.1. The van der Waals surface area contributed by atoms with Crippen LogP contribution in [0, 0.1) is 12.8 Å². The van der Waals surface area contributed by atoms with E-state index < -0.39 is 22.0 Å². The predicted octanol–water partition coefficient (Wildman–Crippen LogP) is 2.87. The summed E-state index contributed by atoms with van der Waals surface area (Å²) in [6.07, 6.45) is 0. The molecule has 1 atom stereocenters. The van der Waals surface area contributed by atoms with E-state index in [9.17, 15) is 13.2 Å². The van der Waals surface area contributed by atoms with Gasteiger partial charge in [0.1, 0.15) is 11.9 Å². The molecule has 8 heteroatoms. The van der Waals surface area contributed by atoms with E-state index in [0.29, 0.717) is 6.54 Å². The molecule has 1 heterocycles. The Hall–Kier alpha value is -2.71. The third-order valence-corrected chi connectivity index (χ3v) is 6.28. The molecule has 1 N–H and O–H groups in total. The molecule has 0 bridgehead atoms. The van der Waals surface area contributed by atoms with Crippen molar-refractivity contribution in [2.24, 2.45) is 5.92 Å². The maximum Gasteiger partial charge on any atom is 0.324 e. The van der Waals surface area contributed by atoms with Crippen LogP contribution in [0.15, 0.2) is 53.4 Å². The van der Waals surface area contributed by atoms with Gasteiger partial charge in [-0.25, -0.2) is 13.4 Å². The molecular weight excluding hydrogens is 390 g/mol. The zero-order valence-electron chi connectivity index (χ0n) is 16.9. The molecule has 0 aliphatic heterocycles. The van der Waals surface area contributed by atoms with Gasteiger partial charge >= 0.3 is 5.97 Å². The van der Waals surface area contributed by atoms with Crippen molar-refractivity contribution in [3.63, 3.8) is 0 Å². The van der Waals surface area contributed by atoms with Crippen LogP contribution >= 0.6 is 0 Å². The van der Waals surface area contributed by atoms with Crippen molar-refractivity contribution in [1.29, 1.82) is 0 Å². The van der Waals surface area contributed by atoms with Crippen LogP contribution in [-0.2, 0) is 26.1 Å². The number of aryl methyl sites for hydroxylation is 1. The number of sulfonamides is 1. The highest BCUT2D eigenvalue weighted by molar-refractivity contribution is 7.89. The van der Waals surface area contributed by atoms with Gasteiger partial charge in [0.2, 0.25) is 10.0 Å². The Balaban J connectivity index is 1.82. The Morgan fingerprint density at radius 2 is 1.79 bits per heavy atom. The first-order valence-electron chi connectivity index (χ1n) is 9.34. The summed E-state index contributed by atoms with van der Waals surface area (Å²) in [5, 5.41) is 0. The van der Waals surface area contributed by atoms with Crippen molar-refractivity contribution in [3.8, 4) is 0 Å². The second-order valence-corrected chi connectivity index (χ2v) is 8.96. The second-order valence-electron chi connectivity index (χ2n) is 7.24. The predicted molar refractivity (Wildman–Crippen MR) is 111 cm³/mol. The van der Waals surface area contributed by atoms with E-state index in [1.165, 1.54) is 7.11 Å². The molecule has 0 spiro atoms. The average Bonchev–Trinajstić information content (AvgIpc) is 3.01. The fourth-order valence-electron chi connectivity index (χ4n) is 3.17. The number of carbonyl (C=O) groups is 1. The van der Waals surface area contributed by atoms with Gasteiger partial charge in [-0.2, -0.15) is 4.72 Å². The van der Waals surface area contributed by atoms with Gasteiger partial charge < -0.3 is 9.30 Å². The molecule has 0 amide bonds. The summed E-state index contributed by atoms with van der Waals surface area (Å²) in [4.78, 5) is 16.5. The number of fused-ring (bicyclic) bond motifs is 1. The average molecular weight is 416 g/mol. The van der Waals surface area contributed by atoms with Crippen molar-refractivity contribution in [1.82, 2.24) is 14.3 Å². The number of carbonyl (C=O) groups excluding carboxylic acids is 1. The normalized spacial score (nSPS) is 13.0. The number of nitrogens with zero attached hydrogens (tertiary/aromatic N) is 2. The Labute approximate surface area is 170 Å². The second kappa shape index (κ2) is 8.34. The van der Waals surface area contributed by atoms with Crippen LogP contribution in [0.1, 0.15) is 25.2 Å². The van der Waals surface area contributed by atoms with Crippen molar-refractivity contribution in [3.05, 3.63) is 59.9 Å². The first-order valence-corrected chi connectivity index (χ1v) is 10.8. The lowest BCUT2D eigenvalue weighted by Crippen LogP contribution is -2.44. The molecule has 1 aromatic heterocycles. The first-order chi connectivity index (χ1) is 13.7. The van der Waals surface area contributed by atoms with Gasteiger partial charge in [-0.3, -0.25) is 4.79 Å². The molecule has 0 aliphatic carbocycles. The minimum absolute atomic E-state index is 0.100. The summed E-state index contributed by atoms with van der Waals surface area (Å²) in [7, 11) is -2.61. The van der Waals surface area contributed by atoms with E-state index in [1.807, 2.05) is 31.2 Å². The van der Waals surface area contributed by atoms with E-state index in [1.54, 1.807) is 38.1 Å². The highest BCUT2D eigenvalue weighted by Gasteiger charge is 2.29. The Morgan fingerprint density at radius 1 is 1.14 bits per heavy atom. The van der Waals surface area contributed by atoms with Crippen LogP contribution < -0.4 is 4.72 Å². The number of hydrogen-bond acceptors (Lipinski definition) is 5. The van der Waals surface area contributed by atoms with Crippen LogP contribution in [0.2, 0.25) is 0 Å². The van der Waals surface area contributed by atoms with E-state index in [-0.39, 0.29) is 10.8 Å². The lowest BCUT2D eigenvalue weighted by Gasteiger charge is -2.19. The van der Waals surface area contributed by atoms with Crippen LogP contribution in [0.4, 0.5) is 0 Å². The number of imidazole rings is 1. The van der Waals surface area contributed by atoms with Crippen LogP contribution in [-0.4, -0.2) is 37.1 Å². The Bertz CT molecular complexity index is 1120. The molecule has 0 saturated carbocycles. The number of nitrogens with one attached hydrogen (secondary N) is 1. The summed E-state index contributed by atoms with van der Waals surface area (Å²) in [6, 6.07) is 13.6. The van der Waals surface area contributed by atoms with Gasteiger partial charge in [-0.15, -0.1) is 0 Å². The molecule has 0 aliphatic rings. The minimum atomic E-state index is -3.85. The summed E-state index contributed by atoms with van der Waals surface area (Å²) >= 11 is 0. The van der Waals surface area contributed by atoms with Crippen molar-refractivity contribution >= 4 is 27.0 Å². The van der Waals surface area contributed by atoms with Crippen LogP contribution in [0.25, 0.3) is 11.0 Å². The molecule has 0 radical (unpaired) electrons. The maximum absolute atomic E-state index is 12.7. The van der Waals surface area contributed by atoms with Gasteiger partial charge in [0, 0.05) is 6.54 Å². The van der Waals surface area contributed by atoms with Crippen LogP contribution in [0.3, 0.4) is 0 Å². The number of hydrogen-bond donors (Lipinski definition) is 1. The van der Waals surface area contributed by atoms with Gasteiger partial charge in [0.25, 0.3) is 0 Å². The summed E-state index contributed by atoms with van der Waals surface area (Å²) in [5.74, 6) is 0.0408. The summed E-state index contributed by atoms with van der Waals surface area (Å²) in [5.41, 5.74) is 2.90. The van der Waals surface area contributed by atoms with E-state index >= 15 is 0 Å². The SMILES string of the molecule is COC(=O)C(NS(=O)(=O)c1ccc(Cn2c(C)nc3ccccc32)cc1)C(C)C. The number of ether oxygens (including phenoxy) is 1. The highest BCUT2D eigenvalue weighted by Crippen LogP contribution is 2.19. The molecule has 7 nitrogen and oxygen atoms in total. The largest absolute Gasteiger partial charge is 0.468 e. The quantitative estimate of drug-likeness (QED) is 0.599. The van der Waals surface area contributed by atoms with Crippen molar-refractivity contribution in [2.75, 3.05) is 7.11 Å². The number of rotatable bonds is 7. The van der Waals surface area contributed by atoms with Gasteiger partial charge in [0.15, 0.2) is 0 Å². The number of para-hydroxylation sites is 2. The standard InChI is InChI=1S/C21H25N3O4S/c1-14(2)20(21(25)28-4)23-29(26,27)17-11-9-16(10-12-17)13-24-15(3)22-18-7-5-6-8-19(18)24/h5-12,14,20,23H,13H2,1-4H3. The van der Waals surface area contributed by atoms with E-state index in [4.69, 9.17) is 4.74 Å². The number of benzene rings is 2. The van der Waals surface area contributed by atoms with Crippen LogP contribution in [0.5, 0.6) is 0 Å². The number of aromatic nitrogens is 2. The molecule has 3 rings (SSSR count). The summed E-state index contributed by atoms with van der Waals surface area (Å²) in [6.45, 7) is 6.04. The molecular formula is C21H25N3O4S. The smallest absolute Gasteiger partial charge is 0.324 e. The molecule has 0 saturated heterocycles. The van der Waals surface area contributed by atoms with Crippen molar-refractivity contribution in [2.45, 2.75) is 38.3 Å². The minimum Gasteiger partial charge on any atom is -0.468 e. The maximum atomic E-state index is 12.7. The summed E-state index contributed by atoms with van der Waals surface area (Å²) < 4.78 is 34.6. The third-order valence-electron chi connectivity index (χ3n) is 4.82. The topological polar surface area (TPSA) is 90.3 Å². The fourth-order valence-corrected chi connectivity index (χ4v) is 4.50. The van der Waals surface area contributed by atoms with Gasteiger partial charge in [-0.05, 0) is 42.7 Å². The molecule has 3 aromatic rings. The number of methoxy groups -OCH3 is 1. The molecule has 154 valence electrons. The lowest BCUT2D eigenvalue weighted by molar-refractivity contribution is -0.143. The van der Waals surface area contributed by atoms with Gasteiger partial charge in [0.05, 0.1) is 23.0 Å². The number of esters is 1. The fraction of sp³-hybridized carbons (Fsp3) is 0.333. The first kappa shape index (κ1) is 21.0. The molecule has 0 fully saturated rings. The van der Waals surface area contributed by atoms with E-state index in [2.05, 4.69) is 14.3 Å². The van der Waals surface area contributed by atoms with E-state index in [0.717, 1.165) is 22.4 Å². The highest BCUT2D eigenvalue weighted by atomic mass is 32.2. The Morgan fingerprint density at radius 3 is 2.41 bits per heavy atom. The van der Waals surface area contributed by atoms with Gasteiger partial charge in [-0.1, -0.05) is 38.1 Å². The Kier molecular flexibility index (Phi) is 6.04. The molecule has 1 unspecified atom stereocenters. The monoisotopic (exact) mass is 415 g/mol. The molecule has 2 aromatic carbocycles. The van der Waals surface area contributed by atoms with Crippen molar-refractivity contribution < 1.29 is 17.9 Å². The third kappa shape index (κ3) is 4.49. The molecule has 29 heavy (non-hydrogen) atoms. The zero-order chi connectivity index (χ0) is 21.2. The zero-order valence-corrected chi connectivity index (χ0v) is 17.7.